The van der Waals surface area contributed by atoms with E-state index in [0.717, 1.165) is 24.2 Å². The minimum Gasteiger partial charge on any atom is -0.496 e. The van der Waals surface area contributed by atoms with Crippen LogP contribution in [-0.2, 0) is 34.8 Å². The van der Waals surface area contributed by atoms with E-state index in [2.05, 4.69) is 26.1 Å². The van der Waals surface area contributed by atoms with Gasteiger partial charge in [-0.3, -0.25) is 9.59 Å². The zero-order chi connectivity index (χ0) is 30.2. The molecule has 0 amide bonds. The van der Waals surface area contributed by atoms with Crippen LogP contribution in [0, 0.1) is 17.3 Å². The number of nitrogens with one attached hydrogen (secondary N) is 1. The second-order valence-electron chi connectivity index (χ2n) is 12.7. The summed E-state index contributed by atoms with van der Waals surface area (Å²) in [6.45, 7) is 13.5. The molecule has 1 aromatic rings. The van der Waals surface area contributed by atoms with Gasteiger partial charge in [-0.25, -0.2) is 4.79 Å². The molecule has 0 aromatic heterocycles. The molecule has 226 valence electrons. The number of carbonyl (C=O) groups is 3. The number of para-hydroxylation sites is 1. The molecule has 11 heteroatoms. The SMILES string of the molecule is CCSC(C)(C)C(=O)OCOC(=O)c1cccc(CC(NCC(C)=O)B2OC3CC4CC(C4(C)C)C3(C)O2)c1OC. The Labute approximate surface area is 248 Å². The number of methoxy groups -OCH3 is 1. The molecule has 2 bridgehead atoms. The molecule has 1 aromatic carbocycles. The topological polar surface area (TPSA) is 109 Å². The summed E-state index contributed by atoms with van der Waals surface area (Å²) >= 11 is 1.45. The van der Waals surface area contributed by atoms with Crippen LogP contribution in [0.2, 0.25) is 0 Å². The van der Waals surface area contributed by atoms with Gasteiger partial charge >= 0.3 is 19.1 Å². The molecule has 1 N–H and O–H groups in total. The van der Waals surface area contributed by atoms with E-state index >= 15 is 0 Å². The number of carbonyl (C=O) groups excluding carboxylic acids is 3. The number of benzene rings is 1. The van der Waals surface area contributed by atoms with Crippen molar-refractivity contribution in [2.24, 2.45) is 17.3 Å². The number of thioether (sulfide) groups is 1. The minimum absolute atomic E-state index is 0.000583. The van der Waals surface area contributed by atoms with E-state index in [4.69, 9.17) is 23.5 Å². The van der Waals surface area contributed by atoms with Crippen LogP contribution in [0.5, 0.6) is 5.75 Å². The molecule has 3 aliphatic carbocycles. The van der Waals surface area contributed by atoms with Gasteiger partial charge in [-0.1, -0.05) is 32.9 Å². The fourth-order valence-corrected chi connectivity index (χ4v) is 7.70. The standard InChI is InChI=1S/C30H44BNO8S/c1-9-41-29(5,6)27(35)38-17-37-26(34)21-12-10-11-19(25(21)36-8)13-24(32-16-18(2)33)31-39-23-15-20-14-22(28(20,3)4)30(23,7)40-31/h10-12,20,22-24,32H,9,13-17H2,1-8H3. The fourth-order valence-electron chi connectivity index (χ4n) is 6.80. The molecule has 1 aliphatic heterocycles. The number of ketones is 1. The molecule has 9 nitrogen and oxygen atoms in total. The monoisotopic (exact) mass is 589 g/mol. The maximum absolute atomic E-state index is 13.0. The van der Waals surface area contributed by atoms with Gasteiger partial charge in [0.1, 0.15) is 21.8 Å². The number of rotatable bonds is 13. The van der Waals surface area contributed by atoms with Crippen LogP contribution >= 0.6 is 11.8 Å². The normalized spacial score (nSPS) is 26.9. The highest BCUT2D eigenvalue weighted by Gasteiger charge is 2.68. The second kappa shape index (κ2) is 12.3. The average molecular weight is 590 g/mol. The molecule has 1 heterocycles. The quantitative estimate of drug-likeness (QED) is 0.204. The lowest BCUT2D eigenvalue weighted by Crippen LogP contribution is -2.65. The molecule has 5 unspecified atom stereocenters. The Morgan fingerprint density at radius 2 is 1.93 bits per heavy atom. The lowest BCUT2D eigenvalue weighted by atomic mass is 9.43. The number of esters is 2. The molecule has 3 saturated carbocycles. The summed E-state index contributed by atoms with van der Waals surface area (Å²) in [5, 5.41) is 3.33. The van der Waals surface area contributed by atoms with Crippen LogP contribution in [-0.4, -0.2) is 73.4 Å². The third kappa shape index (κ3) is 6.33. The highest BCUT2D eigenvalue weighted by atomic mass is 32.2. The number of ether oxygens (including phenoxy) is 3. The first-order valence-electron chi connectivity index (χ1n) is 14.4. The van der Waals surface area contributed by atoms with Gasteiger partial charge in [0.2, 0.25) is 6.79 Å². The van der Waals surface area contributed by atoms with E-state index in [0.29, 0.717) is 24.0 Å². The van der Waals surface area contributed by atoms with Gasteiger partial charge in [0, 0.05) is 5.94 Å². The van der Waals surface area contributed by atoms with Gasteiger partial charge in [-0.2, -0.15) is 0 Å². The number of Topliss-reactive ketones (excluding diaryl/α,β-unsaturated/α-hetero) is 1. The highest BCUT2D eigenvalue weighted by Crippen LogP contribution is 2.65. The summed E-state index contributed by atoms with van der Waals surface area (Å²) in [6.07, 6.45) is 2.49. The van der Waals surface area contributed by atoms with E-state index < -0.39 is 36.2 Å². The summed E-state index contributed by atoms with van der Waals surface area (Å²) in [5.41, 5.74) is 0.765. The summed E-state index contributed by atoms with van der Waals surface area (Å²) in [5.74, 6) is 0.652. The van der Waals surface area contributed by atoms with Crippen molar-refractivity contribution in [2.45, 2.75) is 90.1 Å². The first-order valence-corrected chi connectivity index (χ1v) is 15.4. The Morgan fingerprint density at radius 3 is 2.56 bits per heavy atom. The Balaban J connectivity index is 1.48. The summed E-state index contributed by atoms with van der Waals surface area (Å²) in [6, 6.07) is 5.22. The minimum atomic E-state index is -0.740. The number of hydrogen-bond donors (Lipinski definition) is 1. The lowest BCUT2D eigenvalue weighted by Gasteiger charge is -2.64. The van der Waals surface area contributed by atoms with Crippen molar-refractivity contribution in [3.05, 3.63) is 29.3 Å². The van der Waals surface area contributed by atoms with Crippen LogP contribution in [0.1, 0.15) is 77.2 Å². The van der Waals surface area contributed by atoms with Gasteiger partial charge < -0.3 is 28.8 Å². The van der Waals surface area contributed by atoms with Gasteiger partial charge in [0.05, 0.1) is 25.4 Å². The van der Waals surface area contributed by atoms with Crippen LogP contribution in [0.4, 0.5) is 0 Å². The summed E-state index contributed by atoms with van der Waals surface area (Å²) < 4.78 is 28.6. The van der Waals surface area contributed by atoms with E-state index in [9.17, 15) is 14.4 Å². The first-order chi connectivity index (χ1) is 19.2. The Morgan fingerprint density at radius 1 is 1.20 bits per heavy atom. The van der Waals surface area contributed by atoms with E-state index in [1.165, 1.54) is 25.8 Å². The zero-order valence-electron chi connectivity index (χ0n) is 25.5. The number of hydrogen-bond acceptors (Lipinski definition) is 10. The van der Waals surface area contributed by atoms with Crippen molar-refractivity contribution in [2.75, 3.05) is 26.2 Å². The van der Waals surface area contributed by atoms with E-state index in [-0.39, 0.29) is 35.4 Å². The second-order valence-corrected chi connectivity index (χ2v) is 14.5. The molecule has 0 radical (unpaired) electrons. The summed E-state index contributed by atoms with van der Waals surface area (Å²) in [4.78, 5) is 37.3. The maximum atomic E-state index is 13.0. The largest absolute Gasteiger partial charge is 0.496 e. The van der Waals surface area contributed by atoms with Crippen molar-refractivity contribution in [3.63, 3.8) is 0 Å². The van der Waals surface area contributed by atoms with Crippen molar-refractivity contribution < 1.29 is 37.9 Å². The predicted octanol–water partition coefficient (Wildman–Crippen LogP) is 4.24. The van der Waals surface area contributed by atoms with Gasteiger partial charge in [0.15, 0.2) is 0 Å². The molecule has 4 fully saturated rings. The van der Waals surface area contributed by atoms with E-state index in [1.54, 1.807) is 26.0 Å². The van der Waals surface area contributed by atoms with Gasteiger partial charge in [-0.15, -0.1) is 11.8 Å². The van der Waals surface area contributed by atoms with Crippen molar-refractivity contribution >= 4 is 36.6 Å². The lowest BCUT2D eigenvalue weighted by molar-refractivity contribution is -0.199. The zero-order valence-corrected chi connectivity index (χ0v) is 26.4. The Bertz CT molecular complexity index is 1160. The van der Waals surface area contributed by atoms with Crippen molar-refractivity contribution in [3.8, 4) is 5.75 Å². The molecular formula is C30H44BNO8S. The predicted molar refractivity (Wildman–Crippen MR) is 158 cm³/mol. The van der Waals surface area contributed by atoms with Crippen LogP contribution in [0.15, 0.2) is 18.2 Å². The molecule has 5 atom stereocenters. The first kappa shape index (κ1) is 31.9. The Hall–Kier alpha value is -2.08. The Kier molecular flexibility index (Phi) is 9.53. The van der Waals surface area contributed by atoms with Crippen LogP contribution in [0.3, 0.4) is 0 Å². The fraction of sp³-hybridized carbons (Fsp3) is 0.700. The third-order valence-corrected chi connectivity index (χ3v) is 10.4. The van der Waals surface area contributed by atoms with Crippen molar-refractivity contribution in [1.29, 1.82) is 0 Å². The molecule has 0 spiro atoms. The summed E-state index contributed by atoms with van der Waals surface area (Å²) in [7, 11) is 0.926. The van der Waals surface area contributed by atoms with Crippen LogP contribution in [0.25, 0.3) is 0 Å². The van der Waals surface area contributed by atoms with Crippen molar-refractivity contribution in [1.82, 2.24) is 5.32 Å². The third-order valence-electron chi connectivity index (χ3n) is 9.25. The smallest absolute Gasteiger partial charge is 0.476 e. The van der Waals surface area contributed by atoms with E-state index in [1.807, 2.05) is 13.0 Å². The molecule has 41 heavy (non-hydrogen) atoms. The molecular weight excluding hydrogens is 545 g/mol. The molecule has 5 rings (SSSR count). The maximum Gasteiger partial charge on any atom is 0.476 e. The molecule has 1 saturated heterocycles. The van der Waals surface area contributed by atoms with Crippen LogP contribution < -0.4 is 10.1 Å². The molecule has 4 aliphatic rings. The average Bonchev–Trinajstić information content (AvgIpc) is 3.27. The van der Waals surface area contributed by atoms with Gasteiger partial charge in [-0.05, 0) is 81.6 Å². The van der Waals surface area contributed by atoms with Gasteiger partial charge in [0.25, 0.3) is 0 Å². The highest BCUT2D eigenvalue weighted by molar-refractivity contribution is 8.01.